The summed E-state index contributed by atoms with van der Waals surface area (Å²) in [6.07, 6.45) is 2.79. The Morgan fingerprint density at radius 2 is 1.92 bits per heavy atom. The monoisotopic (exact) mass is 217 g/mol. The molecule has 78 valence electrons. The molecule has 0 aromatic heterocycles. The predicted molar refractivity (Wildman–Crippen MR) is 62.9 cm³/mol. The van der Waals surface area contributed by atoms with Crippen molar-refractivity contribution in [2.45, 2.75) is 51.2 Å². The molecule has 1 aliphatic rings. The zero-order valence-corrected chi connectivity index (χ0v) is 11.4. The highest BCUT2D eigenvalue weighted by molar-refractivity contribution is 7.38. The summed E-state index contributed by atoms with van der Waals surface area (Å²) >= 11 is 0. The van der Waals surface area contributed by atoms with Crippen LogP contribution >= 0.6 is 0 Å². The van der Waals surface area contributed by atoms with Crippen molar-refractivity contribution in [3.05, 3.63) is 0 Å². The minimum Gasteiger partial charge on any atom is -0.417 e. The van der Waals surface area contributed by atoms with Crippen molar-refractivity contribution >= 4 is 15.4 Å². The first kappa shape index (κ1) is 11.4. The average Bonchev–Trinajstić information content (AvgIpc) is 1.98. The molecule has 1 rings (SSSR count). The lowest BCUT2D eigenvalue weighted by atomic mass is 10.2. The van der Waals surface area contributed by atoms with Gasteiger partial charge in [0.05, 0.1) is 7.59 Å². The molecular formula is C9H23NOSi2. The minimum absolute atomic E-state index is 0.479. The molecule has 0 aromatic carbocycles. The summed E-state index contributed by atoms with van der Waals surface area (Å²) in [5.41, 5.74) is 5.56. The Kier molecular flexibility index (Phi) is 3.38. The van der Waals surface area contributed by atoms with Crippen LogP contribution in [0.3, 0.4) is 0 Å². The summed E-state index contributed by atoms with van der Waals surface area (Å²) < 4.78 is 6.25. The first-order valence-corrected chi connectivity index (χ1v) is 12.4. The molecule has 0 bridgehead atoms. The normalized spacial score (nSPS) is 31.6. The summed E-state index contributed by atoms with van der Waals surface area (Å²) in [6.45, 7) is 10.5. The molecule has 13 heavy (non-hydrogen) atoms. The third-order valence-corrected chi connectivity index (χ3v) is 20.3. The van der Waals surface area contributed by atoms with Crippen LogP contribution in [0, 0.1) is 0 Å². The smallest absolute Gasteiger partial charge is 0.174 e. The van der Waals surface area contributed by atoms with E-state index < -0.39 is 15.4 Å². The van der Waals surface area contributed by atoms with E-state index in [4.69, 9.17) is 10.2 Å². The number of rotatable bonds is 2. The molecule has 1 fully saturated rings. The van der Waals surface area contributed by atoms with Crippen molar-refractivity contribution in [3.63, 3.8) is 0 Å². The Labute approximate surface area is 83.8 Å². The zero-order chi connectivity index (χ0) is 10.1. The third kappa shape index (κ3) is 2.43. The molecule has 2 nitrogen and oxygen atoms in total. The van der Waals surface area contributed by atoms with E-state index in [1.165, 1.54) is 12.5 Å². The van der Waals surface area contributed by atoms with E-state index in [0.717, 1.165) is 13.0 Å². The van der Waals surface area contributed by atoms with Crippen molar-refractivity contribution in [1.82, 2.24) is 0 Å². The first-order chi connectivity index (χ1) is 5.89. The Hall–Kier alpha value is 0.354. The van der Waals surface area contributed by atoms with E-state index in [2.05, 4.69) is 26.2 Å². The molecule has 1 aliphatic heterocycles. The van der Waals surface area contributed by atoms with Gasteiger partial charge in [-0.05, 0) is 32.5 Å². The Balaban J connectivity index is 2.59. The summed E-state index contributed by atoms with van der Waals surface area (Å²) in [5.74, 6) is 0. The Morgan fingerprint density at radius 3 is 2.38 bits per heavy atom. The maximum Gasteiger partial charge on any atom is 0.174 e. The maximum absolute atomic E-state index is 6.25. The Bertz CT molecular complexity index is 182. The fourth-order valence-electron chi connectivity index (χ4n) is 1.85. The number of hydrogen-bond donors (Lipinski definition) is 1. The van der Waals surface area contributed by atoms with E-state index in [-0.39, 0.29) is 0 Å². The molecule has 0 saturated carbocycles. The van der Waals surface area contributed by atoms with Gasteiger partial charge in [-0.15, -0.1) is 0 Å². The van der Waals surface area contributed by atoms with Crippen LogP contribution in [0.5, 0.6) is 0 Å². The van der Waals surface area contributed by atoms with Gasteiger partial charge in [-0.2, -0.15) is 0 Å². The lowest BCUT2D eigenvalue weighted by molar-refractivity contribution is 0.178. The van der Waals surface area contributed by atoms with Crippen molar-refractivity contribution in [3.8, 4) is 0 Å². The van der Waals surface area contributed by atoms with E-state index in [1.54, 1.807) is 0 Å². The van der Waals surface area contributed by atoms with Crippen LogP contribution in [0.2, 0.25) is 32.2 Å². The molecule has 0 radical (unpaired) electrons. The van der Waals surface area contributed by atoms with Crippen LogP contribution in [0.25, 0.3) is 0 Å². The van der Waals surface area contributed by atoms with Crippen molar-refractivity contribution in [2.75, 3.05) is 6.54 Å². The zero-order valence-electron chi connectivity index (χ0n) is 9.39. The van der Waals surface area contributed by atoms with Crippen LogP contribution in [0.1, 0.15) is 12.8 Å². The minimum atomic E-state index is -1.34. The molecule has 0 aliphatic carbocycles. The molecule has 0 spiro atoms. The second-order valence-electron chi connectivity index (χ2n) is 5.25. The van der Waals surface area contributed by atoms with Crippen molar-refractivity contribution in [2.24, 2.45) is 5.73 Å². The van der Waals surface area contributed by atoms with E-state index in [0.29, 0.717) is 6.10 Å². The van der Waals surface area contributed by atoms with Gasteiger partial charge in [0.15, 0.2) is 7.83 Å². The number of nitrogens with two attached hydrogens (primary N) is 1. The molecule has 2 N–H and O–H groups in total. The van der Waals surface area contributed by atoms with E-state index in [1.807, 2.05) is 0 Å². The quantitative estimate of drug-likeness (QED) is 0.719. The standard InChI is InChI=1S/C9H23NOSi2/c1-12(2)8-6-9(5-7-10)11-13(12,3)4/h9H,5-8,10H2,1-4H3. The lowest BCUT2D eigenvalue weighted by Gasteiger charge is -2.45. The largest absolute Gasteiger partial charge is 0.417 e. The summed E-state index contributed by atoms with van der Waals surface area (Å²) in [5, 5.41) is 0. The average molecular weight is 217 g/mol. The second-order valence-corrected chi connectivity index (χ2v) is 20.4. The highest BCUT2D eigenvalue weighted by atomic mass is 29.3. The molecule has 0 aromatic rings. The van der Waals surface area contributed by atoms with Gasteiger partial charge in [-0.3, -0.25) is 0 Å². The molecule has 1 unspecified atom stereocenters. The molecule has 1 atom stereocenters. The lowest BCUT2D eigenvalue weighted by Crippen LogP contribution is -2.61. The predicted octanol–water partition coefficient (Wildman–Crippen LogP) is 2.12. The van der Waals surface area contributed by atoms with Crippen molar-refractivity contribution < 1.29 is 4.43 Å². The number of hydrogen-bond acceptors (Lipinski definition) is 2. The SMILES string of the molecule is C[Si]1(C)CCC(CCN)O[Si]1(C)C. The summed E-state index contributed by atoms with van der Waals surface area (Å²) in [6, 6.07) is 1.44. The molecule has 4 heteroatoms. The van der Waals surface area contributed by atoms with Gasteiger partial charge < -0.3 is 10.2 Å². The second kappa shape index (κ2) is 3.84. The van der Waals surface area contributed by atoms with Gasteiger partial charge in [0.25, 0.3) is 0 Å². The van der Waals surface area contributed by atoms with Crippen LogP contribution in [0.15, 0.2) is 0 Å². The van der Waals surface area contributed by atoms with Gasteiger partial charge in [0.1, 0.15) is 0 Å². The maximum atomic E-state index is 6.25. The van der Waals surface area contributed by atoms with Crippen LogP contribution in [-0.4, -0.2) is 28.1 Å². The topological polar surface area (TPSA) is 35.2 Å². The summed E-state index contributed by atoms with van der Waals surface area (Å²) in [4.78, 5) is 0. The van der Waals surface area contributed by atoms with E-state index in [9.17, 15) is 0 Å². The van der Waals surface area contributed by atoms with Crippen molar-refractivity contribution in [1.29, 1.82) is 0 Å². The fourth-order valence-corrected chi connectivity index (χ4v) is 8.58. The fraction of sp³-hybridized carbons (Fsp3) is 1.00. The first-order valence-electron chi connectivity index (χ1n) is 5.27. The van der Waals surface area contributed by atoms with Gasteiger partial charge >= 0.3 is 0 Å². The molecule has 1 heterocycles. The Morgan fingerprint density at radius 1 is 1.31 bits per heavy atom. The highest BCUT2D eigenvalue weighted by Gasteiger charge is 2.47. The van der Waals surface area contributed by atoms with Gasteiger partial charge in [-0.25, -0.2) is 0 Å². The van der Waals surface area contributed by atoms with E-state index >= 15 is 0 Å². The van der Waals surface area contributed by atoms with Crippen LogP contribution < -0.4 is 5.73 Å². The van der Waals surface area contributed by atoms with Gasteiger partial charge in [-0.1, -0.05) is 19.1 Å². The van der Waals surface area contributed by atoms with Gasteiger partial charge in [0, 0.05) is 6.10 Å². The van der Waals surface area contributed by atoms with Crippen LogP contribution in [0.4, 0.5) is 0 Å². The highest BCUT2D eigenvalue weighted by Crippen LogP contribution is 2.34. The molecule has 1 saturated heterocycles. The van der Waals surface area contributed by atoms with Gasteiger partial charge in [0.2, 0.25) is 0 Å². The molecule has 0 amide bonds. The third-order valence-electron chi connectivity index (χ3n) is 3.67. The molecular weight excluding hydrogens is 194 g/mol. The van der Waals surface area contributed by atoms with Crippen LogP contribution in [-0.2, 0) is 4.43 Å². The summed E-state index contributed by atoms with van der Waals surface area (Å²) in [7, 11) is -2.35.